The van der Waals surface area contributed by atoms with Crippen LogP contribution in [0.25, 0.3) is 6.08 Å². The Bertz CT molecular complexity index is 297. The van der Waals surface area contributed by atoms with E-state index < -0.39 is 0 Å². The van der Waals surface area contributed by atoms with E-state index >= 15 is 0 Å². The van der Waals surface area contributed by atoms with Crippen LogP contribution in [0, 0.1) is 6.92 Å². The van der Waals surface area contributed by atoms with Gasteiger partial charge in [0.15, 0.2) is 0 Å². The average molecular weight is 184 g/mol. The Morgan fingerprint density at radius 2 is 2.33 bits per heavy atom. The lowest BCUT2D eigenvalue weighted by Gasteiger charge is -1.97. The van der Waals surface area contributed by atoms with Gasteiger partial charge < -0.3 is 5.11 Å². The fourth-order valence-electron chi connectivity index (χ4n) is 0.840. The van der Waals surface area contributed by atoms with Gasteiger partial charge in [-0.2, -0.15) is 0 Å². The highest BCUT2D eigenvalue weighted by Gasteiger charge is 1.96. The number of aromatic nitrogens is 1. The number of pyridine rings is 1. The number of hydrogen-bond donors (Lipinski definition) is 1. The van der Waals surface area contributed by atoms with Crippen molar-refractivity contribution >= 4 is 17.7 Å². The van der Waals surface area contributed by atoms with Gasteiger partial charge in [0.1, 0.15) is 5.15 Å². The first-order valence-corrected chi connectivity index (χ1v) is 4.02. The summed E-state index contributed by atoms with van der Waals surface area (Å²) >= 11 is 5.82. The fraction of sp³-hybridized carbons (Fsp3) is 0.222. The molecule has 0 aliphatic heterocycles. The van der Waals surface area contributed by atoms with Crippen molar-refractivity contribution in [1.82, 2.24) is 4.98 Å². The molecule has 0 atom stereocenters. The van der Waals surface area contributed by atoms with Gasteiger partial charge in [0, 0.05) is 11.3 Å². The molecule has 1 N–H and O–H groups in total. The van der Waals surface area contributed by atoms with Crippen LogP contribution in [0.2, 0.25) is 5.15 Å². The van der Waals surface area contributed by atoms with Gasteiger partial charge >= 0.3 is 0 Å². The molecule has 1 rings (SSSR count). The molecule has 0 aromatic carbocycles. The predicted molar refractivity (Wildman–Crippen MR) is 50.1 cm³/mol. The maximum Gasteiger partial charge on any atom is 0.136 e. The minimum absolute atomic E-state index is 0.0181. The molecule has 0 radical (unpaired) electrons. The van der Waals surface area contributed by atoms with E-state index in [1.807, 2.05) is 19.1 Å². The van der Waals surface area contributed by atoms with Gasteiger partial charge in [0.25, 0.3) is 0 Å². The molecule has 0 spiro atoms. The van der Waals surface area contributed by atoms with E-state index in [0.717, 1.165) is 11.3 Å². The molecule has 0 fully saturated rings. The largest absolute Gasteiger partial charge is 0.392 e. The van der Waals surface area contributed by atoms with E-state index in [0.29, 0.717) is 5.15 Å². The summed E-state index contributed by atoms with van der Waals surface area (Å²) in [6, 6.07) is 3.75. The van der Waals surface area contributed by atoms with Gasteiger partial charge in [-0.1, -0.05) is 29.8 Å². The van der Waals surface area contributed by atoms with Gasteiger partial charge in [-0.05, 0) is 13.0 Å². The highest BCUT2D eigenvalue weighted by molar-refractivity contribution is 6.30. The third kappa shape index (κ3) is 2.32. The standard InChI is InChI=1S/C9H10ClNO/c1-7-4-5-8(3-2-6-12)9(10)11-7/h2-5,12H,6H2,1H3/b3-2+. The molecule has 0 saturated carbocycles. The van der Waals surface area contributed by atoms with E-state index in [9.17, 15) is 0 Å². The van der Waals surface area contributed by atoms with Crippen LogP contribution in [-0.4, -0.2) is 16.7 Å². The fourth-order valence-corrected chi connectivity index (χ4v) is 1.10. The molecule has 0 bridgehead atoms. The quantitative estimate of drug-likeness (QED) is 0.712. The van der Waals surface area contributed by atoms with Crippen LogP contribution >= 0.6 is 11.6 Å². The molecule has 0 aliphatic carbocycles. The average Bonchev–Trinajstić information content (AvgIpc) is 2.03. The van der Waals surface area contributed by atoms with E-state index in [1.54, 1.807) is 12.2 Å². The van der Waals surface area contributed by atoms with Gasteiger partial charge in [-0.25, -0.2) is 4.98 Å². The second-order valence-electron chi connectivity index (χ2n) is 2.42. The lowest BCUT2D eigenvalue weighted by atomic mass is 10.2. The maximum atomic E-state index is 8.52. The minimum Gasteiger partial charge on any atom is -0.392 e. The molecule has 12 heavy (non-hydrogen) atoms. The van der Waals surface area contributed by atoms with Gasteiger partial charge in [0.2, 0.25) is 0 Å². The highest BCUT2D eigenvalue weighted by Crippen LogP contribution is 2.14. The molecule has 2 nitrogen and oxygen atoms in total. The van der Waals surface area contributed by atoms with Crippen molar-refractivity contribution in [3.63, 3.8) is 0 Å². The summed E-state index contributed by atoms with van der Waals surface area (Å²) < 4.78 is 0. The molecule has 0 saturated heterocycles. The molecule has 1 aromatic rings. The zero-order valence-electron chi connectivity index (χ0n) is 6.79. The van der Waals surface area contributed by atoms with Crippen molar-refractivity contribution in [2.75, 3.05) is 6.61 Å². The zero-order chi connectivity index (χ0) is 8.97. The summed E-state index contributed by atoms with van der Waals surface area (Å²) in [6.07, 6.45) is 3.37. The minimum atomic E-state index is 0.0181. The third-order valence-corrected chi connectivity index (χ3v) is 1.72. The highest BCUT2D eigenvalue weighted by atomic mass is 35.5. The van der Waals surface area contributed by atoms with Crippen molar-refractivity contribution in [3.05, 3.63) is 34.6 Å². The molecule has 64 valence electrons. The Kier molecular flexibility index (Phi) is 3.26. The lowest BCUT2D eigenvalue weighted by Crippen LogP contribution is -1.84. The summed E-state index contributed by atoms with van der Waals surface area (Å²) in [5.74, 6) is 0. The predicted octanol–water partition coefficient (Wildman–Crippen LogP) is 2.05. The van der Waals surface area contributed by atoms with Crippen LogP contribution in [0.5, 0.6) is 0 Å². The number of hydrogen-bond acceptors (Lipinski definition) is 2. The van der Waals surface area contributed by atoms with Crippen LogP contribution in [0.15, 0.2) is 18.2 Å². The van der Waals surface area contributed by atoms with Crippen molar-refractivity contribution < 1.29 is 5.11 Å². The van der Waals surface area contributed by atoms with Crippen LogP contribution in [0.4, 0.5) is 0 Å². The first-order chi connectivity index (χ1) is 5.74. The second-order valence-corrected chi connectivity index (χ2v) is 2.78. The Labute approximate surface area is 76.5 Å². The second kappa shape index (κ2) is 4.24. The topological polar surface area (TPSA) is 33.1 Å². The first kappa shape index (κ1) is 9.23. The van der Waals surface area contributed by atoms with Crippen molar-refractivity contribution in [2.45, 2.75) is 6.92 Å². The molecule has 3 heteroatoms. The number of nitrogens with zero attached hydrogens (tertiary/aromatic N) is 1. The smallest absolute Gasteiger partial charge is 0.136 e. The van der Waals surface area contributed by atoms with E-state index in [4.69, 9.17) is 16.7 Å². The number of aliphatic hydroxyl groups is 1. The van der Waals surface area contributed by atoms with E-state index in [2.05, 4.69) is 4.98 Å². The summed E-state index contributed by atoms with van der Waals surface area (Å²) in [4.78, 5) is 4.06. The number of halogens is 1. The van der Waals surface area contributed by atoms with Crippen molar-refractivity contribution in [1.29, 1.82) is 0 Å². The SMILES string of the molecule is Cc1ccc(/C=C/CO)c(Cl)n1. The zero-order valence-corrected chi connectivity index (χ0v) is 7.54. The molecule has 0 amide bonds. The molecule has 0 unspecified atom stereocenters. The molecule has 1 aromatic heterocycles. The Hall–Kier alpha value is -0.860. The van der Waals surface area contributed by atoms with Gasteiger partial charge in [-0.3, -0.25) is 0 Å². The molecule has 0 aliphatic rings. The van der Waals surface area contributed by atoms with Crippen LogP contribution in [0.1, 0.15) is 11.3 Å². The normalized spacial score (nSPS) is 10.9. The summed E-state index contributed by atoms with van der Waals surface area (Å²) in [5, 5.41) is 8.99. The van der Waals surface area contributed by atoms with Gasteiger partial charge in [0.05, 0.1) is 6.61 Å². The third-order valence-electron chi connectivity index (χ3n) is 1.42. The van der Waals surface area contributed by atoms with Crippen LogP contribution < -0.4 is 0 Å². The van der Waals surface area contributed by atoms with Crippen molar-refractivity contribution in [3.8, 4) is 0 Å². The summed E-state index contributed by atoms with van der Waals surface area (Å²) in [7, 11) is 0. The molecular formula is C9H10ClNO. The summed E-state index contributed by atoms with van der Waals surface area (Å²) in [5.41, 5.74) is 1.72. The lowest BCUT2D eigenvalue weighted by molar-refractivity contribution is 0.343. The Morgan fingerprint density at radius 1 is 1.58 bits per heavy atom. The van der Waals surface area contributed by atoms with E-state index in [1.165, 1.54) is 0 Å². The summed E-state index contributed by atoms with van der Waals surface area (Å²) in [6.45, 7) is 1.90. The number of aryl methyl sites for hydroxylation is 1. The van der Waals surface area contributed by atoms with E-state index in [-0.39, 0.29) is 6.61 Å². The van der Waals surface area contributed by atoms with Crippen LogP contribution in [-0.2, 0) is 0 Å². The molecule has 1 heterocycles. The van der Waals surface area contributed by atoms with Crippen LogP contribution in [0.3, 0.4) is 0 Å². The van der Waals surface area contributed by atoms with Crippen molar-refractivity contribution in [2.24, 2.45) is 0 Å². The monoisotopic (exact) mass is 183 g/mol. The van der Waals surface area contributed by atoms with Gasteiger partial charge in [-0.15, -0.1) is 0 Å². The Balaban J connectivity index is 2.94. The molecular weight excluding hydrogens is 174 g/mol. The maximum absolute atomic E-state index is 8.52. The Morgan fingerprint density at radius 3 is 2.92 bits per heavy atom. The number of rotatable bonds is 2. The number of aliphatic hydroxyl groups excluding tert-OH is 1. The first-order valence-electron chi connectivity index (χ1n) is 3.64.